The van der Waals surface area contributed by atoms with Gasteiger partial charge in [0.15, 0.2) is 5.78 Å². The summed E-state index contributed by atoms with van der Waals surface area (Å²) in [5.41, 5.74) is 3.16. The van der Waals surface area contributed by atoms with E-state index in [4.69, 9.17) is 0 Å². The fourth-order valence-electron chi connectivity index (χ4n) is 3.86. The maximum Gasteiger partial charge on any atom is 0.224 e. The lowest BCUT2D eigenvalue weighted by atomic mass is 10.1. The van der Waals surface area contributed by atoms with Crippen molar-refractivity contribution in [1.82, 2.24) is 14.7 Å². The molecule has 1 aromatic heterocycles. The number of carbonyl (C=O) groups is 2. The Kier molecular flexibility index (Phi) is 6.11. The summed E-state index contributed by atoms with van der Waals surface area (Å²) in [4.78, 5) is 28.5. The third-order valence-corrected chi connectivity index (χ3v) is 5.31. The third-order valence-electron chi connectivity index (χ3n) is 5.31. The van der Waals surface area contributed by atoms with Crippen molar-refractivity contribution in [2.45, 2.75) is 40.2 Å². The number of hydrogen-bond donors (Lipinski definition) is 0. The highest BCUT2D eigenvalue weighted by molar-refractivity contribution is 5.96. The number of ketones is 1. The summed E-state index contributed by atoms with van der Waals surface area (Å²) in [6.45, 7) is 8.63. The van der Waals surface area contributed by atoms with Crippen LogP contribution >= 0.6 is 0 Å². The molecular weight excluding hydrogens is 359 g/mol. The first-order valence-electron chi connectivity index (χ1n) is 9.70. The van der Waals surface area contributed by atoms with E-state index in [1.54, 1.807) is 16.8 Å². The van der Waals surface area contributed by atoms with Crippen LogP contribution in [0.5, 0.6) is 0 Å². The van der Waals surface area contributed by atoms with Gasteiger partial charge in [-0.05, 0) is 51.5 Å². The Morgan fingerprint density at radius 1 is 1.07 bits per heavy atom. The van der Waals surface area contributed by atoms with Gasteiger partial charge in [0.05, 0.1) is 11.3 Å². The van der Waals surface area contributed by atoms with Gasteiger partial charge in [-0.2, -0.15) is 5.10 Å². The van der Waals surface area contributed by atoms with Gasteiger partial charge in [0, 0.05) is 50.5 Å². The molecule has 0 spiro atoms. The number of Topliss-reactive ketones (excluding diaryl/α,β-unsaturated/α-hetero) is 1. The fourth-order valence-corrected chi connectivity index (χ4v) is 3.86. The van der Waals surface area contributed by atoms with Gasteiger partial charge in [-0.3, -0.25) is 14.3 Å². The highest BCUT2D eigenvalue weighted by Gasteiger charge is 2.21. The van der Waals surface area contributed by atoms with E-state index in [9.17, 15) is 14.0 Å². The van der Waals surface area contributed by atoms with Crippen molar-refractivity contribution in [3.63, 3.8) is 0 Å². The summed E-state index contributed by atoms with van der Waals surface area (Å²) in [7, 11) is 0. The molecule has 1 aliphatic heterocycles. The van der Waals surface area contributed by atoms with Crippen molar-refractivity contribution in [2.75, 3.05) is 31.1 Å². The Morgan fingerprint density at radius 2 is 1.79 bits per heavy atom. The van der Waals surface area contributed by atoms with Gasteiger partial charge in [0.25, 0.3) is 0 Å². The molecule has 1 amide bonds. The highest BCUT2D eigenvalue weighted by Crippen LogP contribution is 2.18. The summed E-state index contributed by atoms with van der Waals surface area (Å²) in [5.74, 6) is -0.147. The van der Waals surface area contributed by atoms with Gasteiger partial charge < -0.3 is 9.80 Å². The van der Waals surface area contributed by atoms with Gasteiger partial charge >= 0.3 is 0 Å². The maximum atomic E-state index is 13.1. The van der Waals surface area contributed by atoms with Gasteiger partial charge in [-0.1, -0.05) is 0 Å². The van der Waals surface area contributed by atoms with E-state index in [-0.39, 0.29) is 17.5 Å². The first-order chi connectivity index (χ1) is 13.4. The molecule has 7 heteroatoms. The molecule has 0 atom stereocenters. The molecule has 1 aromatic carbocycles. The summed E-state index contributed by atoms with van der Waals surface area (Å²) < 4.78 is 14.9. The van der Waals surface area contributed by atoms with Crippen LogP contribution in [0.25, 0.3) is 0 Å². The fraction of sp³-hybridized carbons (Fsp3) is 0.476. The molecule has 2 heterocycles. The summed E-state index contributed by atoms with van der Waals surface area (Å²) in [6.07, 6.45) is 1.23. The molecule has 150 valence electrons. The molecule has 0 N–H and O–H groups in total. The second-order valence-corrected chi connectivity index (χ2v) is 7.27. The normalized spacial score (nSPS) is 14.9. The van der Waals surface area contributed by atoms with E-state index in [2.05, 4.69) is 10.00 Å². The number of rotatable bonds is 5. The number of anilines is 1. The number of amides is 1. The zero-order valence-corrected chi connectivity index (χ0v) is 16.7. The maximum absolute atomic E-state index is 13.1. The number of aryl methyl sites for hydroxylation is 2. The predicted molar refractivity (Wildman–Crippen MR) is 106 cm³/mol. The predicted octanol–water partition coefficient (Wildman–Crippen LogP) is 2.97. The number of nitrogens with zero attached hydrogens (tertiary/aromatic N) is 4. The van der Waals surface area contributed by atoms with Crippen molar-refractivity contribution in [3.05, 3.63) is 47.0 Å². The number of benzene rings is 1. The van der Waals surface area contributed by atoms with E-state index >= 15 is 0 Å². The van der Waals surface area contributed by atoms with Crippen molar-refractivity contribution in [2.24, 2.45) is 0 Å². The quantitative estimate of drug-likeness (QED) is 0.742. The summed E-state index contributed by atoms with van der Waals surface area (Å²) >= 11 is 0. The lowest BCUT2D eigenvalue weighted by Crippen LogP contribution is -2.35. The van der Waals surface area contributed by atoms with E-state index in [0.29, 0.717) is 37.3 Å². The molecular formula is C21H27FN4O2. The molecule has 3 rings (SSSR count). The van der Waals surface area contributed by atoms with Crippen LogP contribution in [0.3, 0.4) is 0 Å². The molecule has 0 saturated carbocycles. The van der Waals surface area contributed by atoms with E-state index in [0.717, 1.165) is 30.9 Å². The van der Waals surface area contributed by atoms with Crippen molar-refractivity contribution < 1.29 is 14.0 Å². The molecule has 1 aliphatic rings. The van der Waals surface area contributed by atoms with Gasteiger partial charge in [0.2, 0.25) is 5.91 Å². The zero-order valence-electron chi connectivity index (χ0n) is 16.7. The van der Waals surface area contributed by atoms with Crippen molar-refractivity contribution in [1.29, 1.82) is 0 Å². The van der Waals surface area contributed by atoms with Crippen LogP contribution in [0.2, 0.25) is 0 Å². The van der Waals surface area contributed by atoms with Crippen LogP contribution < -0.4 is 4.90 Å². The second-order valence-electron chi connectivity index (χ2n) is 7.27. The van der Waals surface area contributed by atoms with Crippen LogP contribution in [0.1, 0.15) is 41.5 Å². The van der Waals surface area contributed by atoms with Crippen molar-refractivity contribution in [3.8, 4) is 0 Å². The first-order valence-corrected chi connectivity index (χ1v) is 9.70. The molecule has 0 unspecified atom stereocenters. The van der Waals surface area contributed by atoms with Crippen LogP contribution in [0.4, 0.5) is 10.1 Å². The zero-order chi connectivity index (χ0) is 20.3. The number of aromatic nitrogens is 2. The molecule has 1 saturated heterocycles. The number of hydrogen-bond acceptors (Lipinski definition) is 4. The standard InChI is InChI=1S/C21H27FN4O2/c1-15-21(17(3)27)16(2)26(23-15)12-9-20(28)25-11-4-10-24(13-14-25)19-7-5-18(22)6-8-19/h5-8H,4,9-14H2,1-3H3. The Morgan fingerprint density at radius 3 is 2.43 bits per heavy atom. The van der Waals surface area contributed by atoms with Crippen molar-refractivity contribution >= 4 is 17.4 Å². The van der Waals surface area contributed by atoms with Gasteiger partial charge in [-0.15, -0.1) is 0 Å². The average Bonchev–Trinajstić information content (AvgIpc) is 2.83. The minimum absolute atomic E-state index is 0.000907. The van der Waals surface area contributed by atoms with E-state index in [1.807, 2.05) is 18.7 Å². The lowest BCUT2D eigenvalue weighted by molar-refractivity contribution is -0.131. The topological polar surface area (TPSA) is 58.4 Å². The van der Waals surface area contributed by atoms with Crippen LogP contribution in [-0.4, -0.2) is 52.5 Å². The molecule has 28 heavy (non-hydrogen) atoms. The Labute approximate surface area is 164 Å². The monoisotopic (exact) mass is 386 g/mol. The van der Waals surface area contributed by atoms with Crippen LogP contribution in [0, 0.1) is 19.7 Å². The first kappa shape index (κ1) is 20.0. The van der Waals surface area contributed by atoms with Gasteiger partial charge in [-0.25, -0.2) is 4.39 Å². The van der Waals surface area contributed by atoms with E-state index < -0.39 is 0 Å². The SMILES string of the molecule is CC(=O)c1c(C)nn(CCC(=O)N2CCCN(c3ccc(F)cc3)CC2)c1C. The molecule has 6 nitrogen and oxygen atoms in total. The number of halogens is 1. The number of carbonyl (C=O) groups excluding carboxylic acids is 2. The summed E-state index contributed by atoms with van der Waals surface area (Å²) in [5, 5.41) is 4.41. The smallest absolute Gasteiger partial charge is 0.224 e. The second kappa shape index (κ2) is 8.54. The molecule has 0 aliphatic carbocycles. The molecule has 0 bridgehead atoms. The third kappa shape index (κ3) is 4.40. The molecule has 0 radical (unpaired) electrons. The Balaban J connectivity index is 1.57. The molecule has 1 fully saturated rings. The summed E-state index contributed by atoms with van der Waals surface area (Å²) in [6, 6.07) is 6.49. The van der Waals surface area contributed by atoms with Crippen LogP contribution in [0.15, 0.2) is 24.3 Å². The van der Waals surface area contributed by atoms with Gasteiger partial charge in [0.1, 0.15) is 5.82 Å². The van der Waals surface area contributed by atoms with Crippen LogP contribution in [-0.2, 0) is 11.3 Å². The largest absolute Gasteiger partial charge is 0.370 e. The van der Waals surface area contributed by atoms with E-state index in [1.165, 1.54) is 19.1 Å². The highest BCUT2D eigenvalue weighted by atomic mass is 19.1. The minimum Gasteiger partial charge on any atom is -0.370 e. The minimum atomic E-state index is -0.243. The molecule has 2 aromatic rings. The Bertz CT molecular complexity index is 860. The Hall–Kier alpha value is -2.70. The lowest BCUT2D eigenvalue weighted by Gasteiger charge is -2.23. The average molecular weight is 386 g/mol.